The van der Waals surface area contributed by atoms with Crippen LogP contribution in [0.4, 0.5) is 0 Å². The molecule has 0 saturated carbocycles. The lowest BCUT2D eigenvalue weighted by molar-refractivity contribution is 0.512. The smallest absolute Gasteiger partial charge is 0.123 e. The Hall–Kier alpha value is -0.500. The fourth-order valence-corrected chi connectivity index (χ4v) is 1.25. The van der Waals surface area contributed by atoms with Crippen molar-refractivity contribution in [3.05, 3.63) is 18.2 Å². The molecule has 0 saturated heterocycles. The fourth-order valence-electron chi connectivity index (χ4n) is 1.03. The lowest BCUT2D eigenvalue weighted by atomic mass is 10.2. The summed E-state index contributed by atoms with van der Waals surface area (Å²) < 4.78 is 2.09. The van der Waals surface area contributed by atoms with Crippen molar-refractivity contribution in [1.82, 2.24) is 9.55 Å². The molecule has 0 N–H and O–H groups in total. The van der Waals surface area contributed by atoms with Crippen LogP contribution in [0, 0.1) is 5.92 Å². The Balaban J connectivity index is 2.68. The number of hydrogen-bond acceptors (Lipinski definition) is 1. The summed E-state index contributed by atoms with van der Waals surface area (Å²) in [5.41, 5.74) is 0. The summed E-state index contributed by atoms with van der Waals surface area (Å²) in [6, 6.07) is 0. The molecule has 3 heteroatoms. The average Bonchev–Trinajstić information content (AvgIpc) is 2.34. The van der Waals surface area contributed by atoms with Gasteiger partial charge >= 0.3 is 0 Å². The maximum Gasteiger partial charge on any atom is 0.123 e. The fraction of sp³-hybridized carbons (Fsp3) is 0.625. The Kier molecular flexibility index (Phi) is 2.94. The van der Waals surface area contributed by atoms with Gasteiger partial charge in [-0.3, -0.25) is 0 Å². The van der Waals surface area contributed by atoms with Gasteiger partial charge in [-0.05, 0) is 5.92 Å². The zero-order valence-corrected chi connectivity index (χ0v) is 7.67. The molecule has 0 fully saturated rings. The Labute approximate surface area is 72.2 Å². The normalized spacial score (nSPS) is 10.9. The van der Waals surface area contributed by atoms with Gasteiger partial charge in [0.15, 0.2) is 0 Å². The number of alkyl halides is 1. The van der Waals surface area contributed by atoms with E-state index in [0.717, 1.165) is 12.4 Å². The van der Waals surface area contributed by atoms with Crippen LogP contribution in [-0.2, 0) is 12.4 Å². The molecule has 0 bridgehead atoms. The zero-order chi connectivity index (χ0) is 8.27. The van der Waals surface area contributed by atoms with E-state index in [-0.39, 0.29) is 0 Å². The van der Waals surface area contributed by atoms with Gasteiger partial charge in [0.1, 0.15) is 5.82 Å². The van der Waals surface area contributed by atoms with Crippen molar-refractivity contribution in [3.8, 4) is 0 Å². The molecule has 0 aliphatic rings. The average molecular weight is 173 g/mol. The van der Waals surface area contributed by atoms with Crippen molar-refractivity contribution in [3.63, 3.8) is 0 Å². The predicted octanol–water partition coefficient (Wildman–Crippen LogP) is 2.28. The highest BCUT2D eigenvalue weighted by Gasteiger charge is 2.01. The largest absolute Gasteiger partial charge is 0.334 e. The van der Waals surface area contributed by atoms with Crippen LogP contribution in [0.5, 0.6) is 0 Å². The lowest BCUT2D eigenvalue weighted by Gasteiger charge is -2.07. The minimum absolute atomic E-state index is 0.500. The summed E-state index contributed by atoms with van der Waals surface area (Å²) in [7, 11) is 0. The van der Waals surface area contributed by atoms with Crippen LogP contribution in [0.1, 0.15) is 19.7 Å². The van der Waals surface area contributed by atoms with Crippen molar-refractivity contribution >= 4 is 11.6 Å². The number of halogens is 1. The van der Waals surface area contributed by atoms with Crippen LogP contribution < -0.4 is 0 Å². The van der Waals surface area contributed by atoms with Crippen molar-refractivity contribution in [1.29, 1.82) is 0 Å². The molecule has 1 heterocycles. The molecule has 1 aromatic heterocycles. The number of imidazole rings is 1. The van der Waals surface area contributed by atoms with Gasteiger partial charge in [0.05, 0.1) is 5.88 Å². The molecule has 62 valence electrons. The predicted molar refractivity (Wildman–Crippen MR) is 46.6 cm³/mol. The van der Waals surface area contributed by atoms with E-state index in [4.69, 9.17) is 11.6 Å². The third kappa shape index (κ3) is 2.22. The molecule has 1 aromatic rings. The third-order valence-electron chi connectivity index (χ3n) is 1.48. The molecular formula is C8H13ClN2. The second-order valence-corrected chi connectivity index (χ2v) is 3.29. The molecule has 0 radical (unpaired) electrons. The van der Waals surface area contributed by atoms with Gasteiger partial charge in [-0.15, -0.1) is 11.6 Å². The Morgan fingerprint density at radius 1 is 1.64 bits per heavy atom. The number of hydrogen-bond donors (Lipinski definition) is 0. The first kappa shape index (κ1) is 8.60. The molecule has 0 aromatic carbocycles. The minimum Gasteiger partial charge on any atom is -0.334 e. The molecule has 0 atom stereocenters. The van der Waals surface area contributed by atoms with Gasteiger partial charge in [0.25, 0.3) is 0 Å². The summed E-state index contributed by atoms with van der Waals surface area (Å²) in [5.74, 6) is 2.10. The van der Waals surface area contributed by atoms with Crippen LogP contribution in [0.25, 0.3) is 0 Å². The van der Waals surface area contributed by atoms with Crippen LogP contribution in [0.15, 0.2) is 12.4 Å². The highest BCUT2D eigenvalue weighted by atomic mass is 35.5. The van der Waals surface area contributed by atoms with Gasteiger partial charge < -0.3 is 4.57 Å². The zero-order valence-electron chi connectivity index (χ0n) is 6.92. The minimum atomic E-state index is 0.500. The second kappa shape index (κ2) is 3.77. The van der Waals surface area contributed by atoms with E-state index in [2.05, 4.69) is 23.4 Å². The SMILES string of the molecule is CC(C)Cn1ccnc1CCl. The number of rotatable bonds is 3. The molecule has 0 unspecified atom stereocenters. The Morgan fingerprint density at radius 2 is 2.36 bits per heavy atom. The van der Waals surface area contributed by atoms with Crippen molar-refractivity contribution in [2.24, 2.45) is 5.92 Å². The van der Waals surface area contributed by atoms with Gasteiger partial charge in [-0.2, -0.15) is 0 Å². The molecule has 0 spiro atoms. The second-order valence-electron chi connectivity index (χ2n) is 3.02. The van der Waals surface area contributed by atoms with Crippen LogP contribution in [-0.4, -0.2) is 9.55 Å². The van der Waals surface area contributed by atoms with Crippen molar-refractivity contribution in [2.45, 2.75) is 26.3 Å². The van der Waals surface area contributed by atoms with E-state index in [1.165, 1.54) is 0 Å². The maximum atomic E-state index is 5.67. The monoisotopic (exact) mass is 172 g/mol. The van der Waals surface area contributed by atoms with Crippen LogP contribution >= 0.6 is 11.6 Å². The first-order valence-corrected chi connectivity index (χ1v) is 4.33. The van der Waals surface area contributed by atoms with E-state index < -0.39 is 0 Å². The Bertz CT molecular complexity index is 218. The third-order valence-corrected chi connectivity index (χ3v) is 1.72. The van der Waals surface area contributed by atoms with Gasteiger partial charge in [-0.1, -0.05) is 13.8 Å². The molecule has 0 amide bonds. The highest BCUT2D eigenvalue weighted by molar-refractivity contribution is 6.16. The topological polar surface area (TPSA) is 17.8 Å². The summed E-state index contributed by atoms with van der Waals surface area (Å²) in [6.07, 6.45) is 3.76. The van der Waals surface area contributed by atoms with E-state index in [1.54, 1.807) is 6.20 Å². The molecule has 11 heavy (non-hydrogen) atoms. The van der Waals surface area contributed by atoms with Gasteiger partial charge in [-0.25, -0.2) is 4.98 Å². The summed E-state index contributed by atoms with van der Waals surface area (Å²) in [4.78, 5) is 4.12. The number of aromatic nitrogens is 2. The molecule has 0 aliphatic carbocycles. The molecule has 0 aliphatic heterocycles. The number of nitrogens with zero attached hydrogens (tertiary/aromatic N) is 2. The quantitative estimate of drug-likeness (QED) is 0.640. The van der Waals surface area contributed by atoms with Crippen molar-refractivity contribution in [2.75, 3.05) is 0 Å². The van der Waals surface area contributed by atoms with E-state index in [9.17, 15) is 0 Å². The maximum absolute atomic E-state index is 5.67. The van der Waals surface area contributed by atoms with E-state index in [1.807, 2.05) is 6.20 Å². The highest BCUT2D eigenvalue weighted by Crippen LogP contribution is 2.05. The summed E-state index contributed by atoms with van der Waals surface area (Å²) >= 11 is 5.67. The van der Waals surface area contributed by atoms with Gasteiger partial charge in [0.2, 0.25) is 0 Å². The summed E-state index contributed by atoms with van der Waals surface area (Å²) in [5, 5.41) is 0. The van der Waals surface area contributed by atoms with Crippen molar-refractivity contribution < 1.29 is 0 Å². The van der Waals surface area contributed by atoms with Gasteiger partial charge in [0, 0.05) is 18.9 Å². The van der Waals surface area contributed by atoms with Crippen LogP contribution in [0.3, 0.4) is 0 Å². The van der Waals surface area contributed by atoms with Crippen LogP contribution in [0.2, 0.25) is 0 Å². The first-order valence-electron chi connectivity index (χ1n) is 3.80. The summed E-state index contributed by atoms with van der Waals surface area (Å²) in [6.45, 7) is 5.36. The standard InChI is InChI=1S/C8H13ClN2/c1-7(2)6-11-4-3-10-8(11)5-9/h3-4,7H,5-6H2,1-2H3. The molecule has 1 rings (SSSR count). The Morgan fingerprint density at radius 3 is 2.91 bits per heavy atom. The van der Waals surface area contributed by atoms with E-state index in [0.29, 0.717) is 11.8 Å². The molecular weight excluding hydrogens is 160 g/mol. The lowest BCUT2D eigenvalue weighted by Crippen LogP contribution is -2.06. The molecule has 2 nitrogen and oxygen atoms in total. The van der Waals surface area contributed by atoms with E-state index >= 15 is 0 Å². The first-order chi connectivity index (χ1) is 5.24.